The molecule has 0 radical (unpaired) electrons. The molecule has 0 saturated heterocycles. The number of para-hydroxylation sites is 1. The number of aryl methyl sites for hydroxylation is 1. The molecule has 7 nitrogen and oxygen atoms in total. The van der Waals surface area contributed by atoms with E-state index in [1.54, 1.807) is 6.07 Å². The van der Waals surface area contributed by atoms with Gasteiger partial charge in [-0.2, -0.15) is 5.26 Å². The zero-order valence-electron chi connectivity index (χ0n) is 14.4. The van der Waals surface area contributed by atoms with Crippen molar-refractivity contribution in [2.45, 2.75) is 6.92 Å². The van der Waals surface area contributed by atoms with Gasteiger partial charge in [-0.05, 0) is 34.5 Å². The molecule has 0 unspecified atom stereocenters. The van der Waals surface area contributed by atoms with E-state index in [1.165, 1.54) is 25.3 Å². The van der Waals surface area contributed by atoms with Gasteiger partial charge in [-0.25, -0.2) is 9.36 Å². The first-order valence-electron chi connectivity index (χ1n) is 7.82. The predicted octanol–water partition coefficient (Wildman–Crippen LogP) is 3.27. The van der Waals surface area contributed by atoms with E-state index in [-0.39, 0.29) is 27.4 Å². The van der Waals surface area contributed by atoms with Gasteiger partial charge in [0.2, 0.25) is 0 Å². The van der Waals surface area contributed by atoms with Gasteiger partial charge in [-0.15, -0.1) is 0 Å². The largest absolute Gasteiger partial charge is 0.495 e. The van der Waals surface area contributed by atoms with Crippen molar-refractivity contribution in [3.05, 3.63) is 79.0 Å². The Hall–Kier alpha value is -3.31. The van der Waals surface area contributed by atoms with Crippen LogP contribution in [0.25, 0.3) is 5.69 Å². The van der Waals surface area contributed by atoms with Gasteiger partial charge in [0.25, 0.3) is 5.56 Å². The average molecular weight is 428 g/mol. The third-order valence-corrected chi connectivity index (χ3v) is 4.28. The third kappa shape index (κ3) is 3.64. The molecule has 0 saturated carbocycles. The maximum atomic E-state index is 12.4. The Morgan fingerprint density at radius 2 is 1.85 bits per heavy atom. The lowest BCUT2D eigenvalue weighted by Crippen LogP contribution is -2.33. The van der Waals surface area contributed by atoms with Crippen LogP contribution < -0.4 is 20.7 Å². The van der Waals surface area contributed by atoms with Crippen LogP contribution in [0.15, 0.2) is 56.7 Å². The number of methoxy groups -OCH3 is 1. The van der Waals surface area contributed by atoms with E-state index in [1.807, 2.05) is 31.2 Å². The maximum Gasteiger partial charge on any atom is 0.333 e. The van der Waals surface area contributed by atoms with Crippen LogP contribution in [0.4, 0.5) is 0 Å². The van der Waals surface area contributed by atoms with Crippen LogP contribution in [-0.4, -0.2) is 16.7 Å². The standard InChI is InChI=1S/C19H14BrN3O4/c1-11-5-3-4-6-14(11)27-15-8-13(16(26-2)7-12(15)10-21)23-18(24)9-17(20)22-19(23)25/h3-9H,1-2H3,(H,22,25). The number of halogens is 1. The third-order valence-electron chi connectivity index (χ3n) is 3.86. The molecule has 3 aromatic rings. The topological polar surface area (TPSA) is 97.1 Å². The van der Waals surface area contributed by atoms with Gasteiger partial charge in [0.05, 0.1) is 23.0 Å². The van der Waals surface area contributed by atoms with E-state index >= 15 is 0 Å². The average Bonchev–Trinajstić information content (AvgIpc) is 2.63. The summed E-state index contributed by atoms with van der Waals surface area (Å²) in [4.78, 5) is 27.2. The van der Waals surface area contributed by atoms with E-state index in [2.05, 4.69) is 20.9 Å². The number of nitrogens with zero attached hydrogens (tertiary/aromatic N) is 2. The van der Waals surface area contributed by atoms with Gasteiger partial charge in [0.1, 0.15) is 23.3 Å². The lowest BCUT2D eigenvalue weighted by atomic mass is 10.1. The molecule has 2 aromatic carbocycles. The van der Waals surface area contributed by atoms with E-state index < -0.39 is 11.2 Å². The highest BCUT2D eigenvalue weighted by molar-refractivity contribution is 9.10. The Morgan fingerprint density at radius 1 is 1.11 bits per heavy atom. The molecule has 0 fully saturated rings. The second kappa shape index (κ2) is 7.51. The Morgan fingerprint density at radius 3 is 2.48 bits per heavy atom. The molecule has 0 amide bonds. The molecule has 0 bridgehead atoms. The SMILES string of the molecule is COc1cc(C#N)c(Oc2ccccc2C)cc1-n1c(=O)cc(Br)[nH]c1=O. The normalized spacial score (nSPS) is 10.3. The van der Waals surface area contributed by atoms with Crippen molar-refractivity contribution >= 4 is 15.9 Å². The fraction of sp³-hybridized carbons (Fsp3) is 0.105. The summed E-state index contributed by atoms with van der Waals surface area (Å²) in [5.41, 5.74) is 0.0337. The smallest absolute Gasteiger partial charge is 0.333 e. The van der Waals surface area contributed by atoms with Crippen molar-refractivity contribution in [2.75, 3.05) is 7.11 Å². The Kier molecular flexibility index (Phi) is 5.14. The van der Waals surface area contributed by atoms with Gasteiger partial charge in [0.15, 0.2) is 0 Å². The quantitative estimate of drug-likeness (QED) is 0.644. The maximum absolute atomic E-state index is 12.4. The molecule has 0 atom stereocenters. The second-order valence-electron chi connectivity index (χ2n) is 5.60. The highest BCUT2D eigenvalue weighted by Gasteiger charge is 2.17. The van der Waals surface area contributed by atoms with Gasteiger partial charge in [-0.1, -0.05) is 18.2 Å². The summed E-state index contributed by atoms with van der Waals surface area (Å²) >= 11 is 3.08. The molecule has 27 heavy (non-hydrogen) atoms. The summed E-state index contributed by atoms with van der Waals surface area (Å²) in [7, 11) is 1.39. The minimum atomic E-state index is -0.653. The number of benzene rings is 2. The molecule has 0 aliphatic carbocycles. The summed E-state index contributed by atoms with van der Waals surface area (Å²) in [5, 5.41) is 9.46. The molecule has 1 aromatic heterocycles. The number of nitrogens with one attached hydrogen (secondary N) is 1. The first kappa shape index (κ1) is 18.5. The van der Waals surface area contributed by atoms with E-state index in [0.29, 0.717) is 5.75 Å². The number of aromatic amines is 1. The summed E-state index contributed by atoms with van der Waals surface area (Å²) in [5.74, 6) is 0.956. The van der Waals surface area contributed by atoms with Crippen LogP contribution in [0.1, 0.15) is 11.1 Å². The monoisotopic (exact) mass is 427 g/mol. The number of hydrogen-bond donors (Lipinski definition) is 1. The van der Waals surface area contributed by atoms with Crippen molar-refractivity contribution in [3.8, 4) is 29.0 Å². The van der Waals surface area contributed by atoms with Gasteiger partial charge >= 0.3 is 5.69 Å². The number of H-pyrrole nitrogens is 1. The lowest BCUT2D eigenvalue weighted by molar-refractivity contribution is 0.409. The highest BCUT2D eigenvalue weighted by atomic mass is 79.9. The minimum absolute atomic E-state index is 0.166. The summed E-state index contributed by atoms with van der Waals surface area (Å²) in [6.07, 6.45) is 0. The van der Waals surface area contributed by atoms with Crippen LogP contribution in [0.3, 0.4) is 0 Å². The molecule has 0 spiro atoms. The van der Waals surface area contributed by atoms with E-state index in [9.17, 15) is 14.9 Å². The Bertz CT molecular complexity index is 1140. The number of ether oxygens (including phenoxy) is 2. The molecule has 136 valence electrons. The number of hydrogen-bond acceptors (Lipinski definition) is 5. The Labute approximate surface area is 162 Å². The van der Waals surface area contributed by atoms with Crippen molar-refractivity contribution in [2.24, 2.45) is 0 Å². The number of aromatic nitrogens is 2. The predicted molar refractivity (Wildman–Crippen MR) is 103 cm³/mol. The fourth-order valence-electron chi connectivity index (χ4n) is 2.54. The van der Waals surface area contributed by atoms with Crippen molar-refractivity contribution < 1.29 is 9.47 Å². The molecular weight excluding hydrogens is 414 g/mol. The molecule has 1 N–H and O–H groups in total. The molecule has 0 aliphatic heterocycles. The first-order valence-corrected chi connectivity index (χ1v) is 8.61. The van der Waals surface area contributed by atoms with Crippen molar-refractivity contribution in [3.63, 3.8) is 0 Å². The highest BCUT2D eigenvalue weighted by Crippen LogP contribution is 2.34. The van der Waals surface area contributed by atoms with Gasteiger partial charge in [-0.3, -0.25) is 4.79 Å². The molecular formula is C19H14BrN3O4. The molecule has 3 rings (SSSR count). The second-order valence-corrected chi connectivity index (χ2v) is 6.45. The number of nitriles is 1. The molecule has 1 heterocycles. The first-order chi connectivity index (χ1) is 12.9. The minimum Gasteiger partial charge on any atom is -0.495 e. The zero-order valence-corrected chi connectivity index (χ0v) is 16.0. The van der Waals surface area contributed by atoms with Crippen molar-refractivity contribution in [1.82, 2.24) is 9.55 Å². The van der Waals surface area contributed by atoms with Crippen molar-refractivity contribution in [1.29, 1.82) is 5.26 Å². The zero-order chi connectivity index (χ0) is 19.6. The van der Waals surface area contributed by atoms with Gasteiger partial charge < -0.3 is 14.5 Å². The summed E-state index contributed by atoms with van der Waals surface area (Å²) in [6.45, 7) is 1.87. The van der Waals surface area contributed by atoms with Crippen LogP contribution in [0.5, 0.6) is 17.2 Å². The van der Waals surface area contributed by atoms with Crippen LogP contribution in [0.2, 0.25) is 0 Å². The Balaban J connectivity index is 2.24. The van der Waals surface area contributed by atoms with Gasteiger partial charge in [0, 0.05) is 18.2 Å². The number of rotatable bonds is 4. The van der Waals surface area contributed by atoms with Crippen LogP contribution >= 0.6 is 15.9 Å². The fourth-order valence-corrected chi connectivity index (χ4v) is 2.91. The van der Waals surface area contributed by atoms with E-state index in [4.69, 9.17) is 9.47 Å². The van der Waals surface area contributed by atoms with Crippen LogP contribution in [0, 0.1) is 18.3 Å². The lowest BCUT2D eigenvalue weighted by Gasteiger charge is -2.15. The summed E-state index contributed by atoms with van der Waals surface area (Å²) in [6, 6.07) is 13.4. The summed E-state index contributed by atoms with van der Waals surface area (Å²) < 4.78 is 12.3. The molecule has 0 aliphatic rings. The molecule has 8 heteroatoms. The van der Waals surface area contributed by atoms with E-state index in [0.717, 1.165) is 10.1 Å². The van der Waals surface area contributed by atoms with Crippen LogP contribution in [-0.2, 0) is 0 Å².